The van der Waals surface area contributed by atoms with Crippen molar-refractivity contribution in [1.82, 2.24) is 20.1 Å². The summed E-state index contributed by atoms with van der Waals surface area (Å²) in [6.45, 7) is 2.17. The molecular weight excluding hydrogens is 256 g/mol. The van der Waals surface area contributed by atoms with Gasteiger partial charge in [-0.3, -0.25) is 4.79 Å². The third-order valence-electron chi connectivity index (χ3n) is 3.84. The highest BCUT2D eigenvalue weighted by Gasteiger charge is 2.25. The molecule has 1 aliphatic rings. The molecule has 0 aliphatic heterocycles. The Morgan fingerprint density at radius 3 is 2.85 bits per heavy atom. The maximum absolute atomic E-state index is 11.9. The van der Waals surface area contributed by atoms with E-state index in [0.717, 1.165) is 17.4 Å². The van der Waals surface area contributed by atoms with E-state index in [9.17, 15) is 4.79 Å². The first-order valence-electron chi connectivity index (χ1n) is 6.88. The van der Waals surface area contributed by atoms with Crippen molar-refractivity contribution in [2.24, 2.45) is 7.05 Å². The minimum Gasteiger partial charge on any atom is -0.456 e. The van der Waals surface area contributed by atoms with Gasteiger partial charge in [-0.1, -0.05) is 6.42 Å². The van der Waals surface area contributed by atoms with Crippen molar-refractivity contribution >= 4 is 5.91 Å². The van der Waals surface area contributed by atoms with Gasteiger partial charge in [-0.15, -0.1) is 10.2 Å². The largest absolute Gasteiger partial charge is 0.456 e. The quantitative estimate of drug-likeness (QED) is 0.924. The van der Waals surface area contributed by atoms with Crippen LogP contribution in [-0.4, -0.2) is 20.7 Å². The molecule has 0 unspecified atom stereocenters. The molecule has 20 heavy (non-hydrogen) atoms. The molecule has 1 aliphatic carbocycles. The van der Waals surface area contributed by atoms with Gasteiger partial charge in [0, 0.05) is 13.0 Å². The standard InChI is InChI=1S/C14H18N4O2/c1-9-6-7-11(20-9)14(19)15-8-12-16-17-13(18(12)2)10-4-3-5-10/h6-7,10H,3-5,8H2,1-2H3,(H,15,19). The van der Waals surface area contributed by atoms with Crippen LogP contribution in [0.15, 0.2) is 16.5 Å². The highest BCUT2D eigenvalue weighted by atomic mass is 16.3. The molecular formula is C14H18N4O2. The molecule has 0 spiro atoms. The normalized spacial score (nSPS) is 15.1. The molecule has 0 aromatic carbocycles. The fourth-order valence-corrected chi connectivity index (χ4v) is 2.35. The minimum absolute atomic E-state index is 0.230. The number of nitrogens with one attached hydrogen (secondary N) is 1. The van der Waals surface area contributed by atoms with Crippen molar-refractivity contribution in [3.05, 3.63) is 35.3 Å². The molecule has 1 amide bonds. The summed E-state index contributed by atoms with van der Waals surface area (Å²) in [6.07, 6.45) is 3.63. The first-order chi connectivity index (χ1) is 9.65. The van der Waals surface area contributed by atoms with Gasteiger partial charge in [0.1, 0.15) is 11.6 Å². The van der Waals surface area contributed by atoms with Gasteiger partial charge < -0.3 is 14.3 Å². The van der Waals surface area contributed by atoms with Crippen molar-refractivity contribution in [2.75, 3.05) is 0 Å². The Morgan fingerprint density at radius 1 is 1.45 bits per heavy atom. The van der Waals surface area contributed by atoms with E-state index in [1.807, 2.05) is 18.5 Å². The zero-order valence-electron chi connectivity index (χ0n) is 11.7. The number of nitrogens with zero attached hydrogens (tertiary/aromatic N) is 3. The van der Waals surface area contributed by atoms with E-state index < -0.39 is 0 Å². The Labute approximate surface area is 117 Å². The molecule has 0 radical (unpaired) electrons. The lowest BCUT2D eigenvalue weighted by Crippen LogP contribution is -2.24. The lowest BCUT2D eigenvalue weighted by Gasteiger charge is -2.24. The number of furan rings is 1. The van der Waals surface area contributed by atoms with Crippen LogP contribution in [0.4, 0.5) is 0 Å². The summed E-state index contributed by atoms with van der Waals surface area (Å²) in [4.78, 5) is 11.9. The van der Waals surface area contributed by atoms with Gasteiger partial charge in [0.2, 0.25) is 0 Å². The van der Waals surface area contributed by atoms with Gasteiger partial charge in [-0.05, 0) is 31.9 Å². The van der Waals surface area contributed by atoms with Crippen LogP contribution in [0.25, 0.3) is 0 Å². The Morgan fingerprint density at radius 2 is 2.25 bits per heavy atom. The van der Waals surface area contributed by atoms with Crippen LogP contribution in [0.3, 0.4) is 0 Å². The van der Waals surface area contributed by atoms with Gasteiger partial charge in [-0.2, -0.15) is 0 Å². The van der Waals surface area contributed by atoms with Crippen LogP contribution < -0.4 is 5.32 Å². The van der Waals surface area contributed by atoms with Gasteiger partial charge in [0.25, 0.3) is 5.91 Å². The van der Waals surface area contributed by atoms with Crippen LogP contribution in [-0.2, 0) is 13.6 Å². The molecule has 6 heteroatoms. The summed E-state index contributed by atoms with van der Waals surface area (Å²) in [6, 6.07) is 3.44. The minimum atomic E-state index is -0.230. The Hall–Kier alpha value is -2.11. The maximum Gasteiger partial charge on any atom is 0.287 e. The molecule has 6 nitrogen and oxygen atoms in total. The second-order valence-corrected chi connectivity index (χ2v) is 5.25. The first-order valence-corrected chi connectivity index (χ1v) is 6.88. The average molecular weight is 274 g/mol. The zero-order chi connectivity index (χ0) is 14.1. The third-order valence-corrected chi connectivity index (χ3v) is 3.84. The number of hydrogen-bond acceptors (Lipinski definition) is 4. The number of rotatable bonds is 4. The Kier molecular flexibility index (Phi) is 3.30. The molecule has 3 rings (SSSR count). The summed E-state index contributed by atoms with van der Waals surface area (Å²) in [7, 11) is 1.95. The monoisotopic (exact) mass is 274 g/mol. The van der Waals surface area contributed by atoms with E-state index in [2.05, 4.69) is 15.5 Å². The first kappa shape index (κ1) is 12.9. The highest BCUT2D eigenvalue weighted by molar-refractivity contribution is 5.91. The van der Waals surface area contributed by atoms with E-state index in [1.165, 1.54) is 19.3 Å². The Bertz CT molecular complexity index is 625. The zero-order valence-corrected chi connectivity index (χ0v) is 11.7. The van der Waals surface area contributed by atoms with Crippen LogP contribution in [0.1, 0.15) is 53.1 Å². The van der Waals surface area contributed by atoms with Gasteiger partial charge in [0.05, 0.1) is 6.54 Å². The van der Waals surface area contributed by atoms with E-state index in [4.69, 9.17) is 4.42 Å². The number of carbonyl (C=O) groups excluding carboxylic acids is 1. The van der Waals surface area contributed by atoms with Gasteiger partial charge in [0.15, 0.2) is 11.6 Å². The summed E-state index contributed by atoms with van der Waals surface area (Å²) >= 11 is 0. The lowest BCUT2D eigenvalue weighted by atomic mass is 9.85. The molecule has 2 heterocycles. The van der Waals surface area contributed by atoms with Crippen LogP contribution in [0.5, 0.6) is 0 Å². The molecule has 1 saturated carbocycles. The molecule has 0 saturated heterocycles. The summed E-state index contributed by atoms with van der Waals surface area (Å²) in [5.74, 6) is 3.14. The third kappa shape index (κ3) is 2.33. The predicted octanol–water partition coefficient (Wildman–Crippen LogP) is 1.91. The summed E-state index contributed by atoms with van der Waals surface area (Å²) in [5, 5.41) is 11.2. The van der Waals surface area contributed by atoms with Crippen molar-refractivity contribution in [3.63, 3.8) is 0 Å². The van der Waals surface area contributed by atoms with Crippen molar-refractivity contribution in [3.8, 4) is 0 Å². The van der Waals surface area contributed by atoms with E-state index in [1.54, 1.807) is 12.1 Å². The van der Waals surface area contributed by atoms with Gasteiger partial charge >= 0.3 is 0 Å². The number of amides is 1. The SMILES string of the molecule is Cc1ccc(C(=O)NCc2nnc(C3CCC3)n2C)o1. The molecule has 2 aromatic heterocycles. The van der Waals surface area contributed by atoms with Crippen LogP contribution >= 0.6 is 0 Å². The number of hydrogen-bond donors (Lipinski definition) is 1. The Balaban J connectivity index is 1.63. The van der Waals surface area contributed by atoms with E-state index in [-0.39, 0.29) is 5.91 Å². The molecule has 1 fully saturated rings. The summed E-state index contributed by atoms with van der Waals surface area (Å²) in [5.41, 5.74) is 0. The fourth-order valence-electron chi connectivity index (χ4n) is 2.35. The van der Waals surface area contributed by atoms with Crippen LogP contribution in [0.2, 0.25) is 0 Å². The molecule has 1 N–H and O–H groups in total. The van der Waals surface area contributed by atoms with Crippen molar-refractivity contribution in [1.29, 1.82) is 0 Å². The van der Waals surface area contributed by atoms with E-state index >= 15 is 0 Å². The number of carbonyl (C=O) groups is 1. The smallest absolute Gasteiger partial charge is 0.287 e. The topological polar surface area (TPSA) is 73.0 Å². The van der Waals surface area contributed by atoms with Crippen molar-refractivity contribution < 1.29 is 9.21 Å². The second-order valence-electron chi connectivity index (χ2n) is 5.25. The second kappa shape index (κ2) is 5.11. The number of aromatic nitrogens is 3. The van der Waals surface area contributed by atoms with E-state index in [0.29, 0.717) is 18.2 Å². The predicted molar refractivity (Wildman–Crippen MR) is 72.2 cm³/mol. The van der Waals surface area contributed by atoms with Gasteiger partial charge in [-0.25, -0.2) is 0 Å². The lowest BCUT2D eigenvalue weighted by molar-refractivity contribution is 0.0920. The summed E-state index contributed by atoms with van der Waals surface area (Å²) < 4.78 is 7.26. The molecule has 2 aromatic rings. The molecule has 106 valence electrons. The average Bonchev–Trinajstić information content (AvgIpc) is 2.93. The van der Waals surface area contributed by atoms with Crippen LogP contribution in [0, 0.1) is 6.92 Å². The highest BCUT2D eigenvalue weighted by Crippen LogP contribution is 2.34. The molecule has 0 atom stereocenters. The molecule has 0 bridgehead atoms. The van der Waals surface area contributed by atoms with Crippen molar-refractivity contribution in [2.45, 2.75) is 38.6 Å². The number of aryl methyl sites for hydroxylation is 1. The maximum atomic E-state index is 11.9. The fraction of sp³-hybridized carbons (Fsp3) is 0.500.